The zero-order valence-electron chi connectivity index (χ0n) is 17.2. The third kappa shape index (κ3) is 2.89. The zero-order valence-corrected chi connectivity index (χ0v) is 18.0. The molecule has 2 aliphatic heterocycles. The van der Waals surface area contributed by atoms with Crippen LogP contribution >= 0.6 is 11.8 Å². The van der Waals surface area contributed by atoms with Crippen LogP contribution in [0.1, 0.15) is 35.6 Å². The van der Waals surface area contributed by atoms with Crippen LogP contribution in [0.5, 0.6) is 0 Å². The van der Waals surface area contributed by atoms with Crippen molar-refractivity contribution in [1.82, 2.24) is 9.55 Å². The van der Waals surface area contributed by atoms with Crippen LogP contribution < -0.4 is 5.56 Å². The van der Waals surface area contributed by atoms with Crippen LogP contribution in [0.3, 0.4) is 0 Å². The van der Waals surface area contributed by atoms with E-state index in [1.807, 2.05) is 0 Å². The fourth-order valence-electron chi connectivity index (χ4n) is 4.68. The molecule has 0 spiro atoms. The summed E-state index contributed by atoms with van der Waals surface area (Å²) in [4.78, 5) is 30.8. The molecular weight excluding hydrogens is 419 g/mol. The molecule has 1 N–H and O–H groups in total. The Morgan fingerprint density at radius 1 is 1.35 bits per heavy atom. The van der Waals surface area contributed by atoms with Crippen LogP contribution in [0.15, 0.2) is 27.9 Å². The van der Waals surface area contributed by atoms with E-state index in [9.17, 15) is 19.1 Å². The summed E-state index contributed by atoms with van der Waals surface area (Å²) in [5.74, 6) is 0.483. The van der Waals surface area contributed by atoms with Crippen LogP contribution in [0.2, 0.25) is 0 Å². The van der Waals surface area contributed by atoms with E-state index in [2.05, 4.69) is 0 Å². The Morgan fingerprint density at radius 3 is 2.87 bits per heavy atom. The smallest absolute Gasteiger partial charge is 0.257 e. The molecule has 4 heterocycles. The molecule has 3 aromatic rings. The molecular formula is C23H21FN2O4S. The number of fused-ring (bicyclic) bond motifs is 4. The molecule has 2 aromatic heterocycles. The van der Waals surface area contributed by atoms with E-state index >= 15 is 0 Å². The number of aryl methyl sites for hydroxylation is 1. The zero-order chi connectivity index (χ0) is 21.9. The Bertz CT molecular complexity index is 1320. The van der Waals surface area contributed by atoms with Gasteiger partial charge in [0.2, 0.25) is 0 Å². The van der Waals surface area contributed by atoms with Gasteiger partial charge in [-0.1, -0.05) is 6.92 Å². The fourth-order valence-corrected chi connectivity index (χ4v) is 5.78. The molecule has 160 valence electrons. The number of benzene rings is 1. The van der Waals surface area contributed by atoms with Crippen molar-refractivity contribution in [1.29, 1.82) is 0 Å². The maximum absolute atomic E-state index is 14.2. The van der Waals surface area contributed by atoms with E-state index < -0.39 is 5.60 Å². The van der Waals surface area contributed by atoms with Gasteiger partial charge in [-0.05, 0) is 30.5 Å². The number of pyridine rings is 2. The lowest BCUT2D eigenvalue weighted by Gasteiger charge is -2.24. The van der Waals surface area contributed by atoms with Crippen LogP contribution in [0.4, 0.5) is 4.39 Å². The highest BCUT2D eigenvalue weighted by atomic mass is 32.2. The largest absolute Gasteiger partial charge is 0.380 e. The summed E-state index contributed by atoms with van der Waals surface area (Å²) in [5.41, 5.74) is 2.12. The SMILES string of the molecule is CC[C@@](O)(C=O)c1cc2n(c(=O)c1COC)Cc1c-2nc2cc(F)cc3c2c1CCS3. The molecule has 1 aromatic carbocycles. The Hall–Kier alpha value is -2.55. The van der Waals surface area contributed by atoms with E-state index in [1.165, 1.54) is 19.2 Å². The van der Waals surface area contributed by atoms with E-state index in [0.717, 1.165) is 33.6 Å². The van der Waals surface area contributed by atoms with Crippen molar-refractivity contribution in [3.8, 4) is 11.4 Å². The standard InChI is InChI=1S/C23H21FN2O4S/c1-3-23(29,11-27)16-8-18-21-14(9-26(18)22(28)15(16)10-30-2)13-4-5-31-19-7-12(24)6-17(25-21)20(13)19/h6-8,11,29H,3-5,9-10H2,1-2H3/t23-/m1/s1. The van der Waals surface area contributed by atoms with Gasteiger partial charge in [-0.15, -0.1) is 11.8 Å². The van der Waals surface area contributed by atoms with E-state index in [1.54, 1.807) is 29.3 Å². The predicted molar refractivity (Wildman–Crippen MR) is 116 cm³/mol. The third-order valence-electron chi connectivity index (χ3n) is 6.29. The number of aliphatic hydroxyl groups is 1. The van der Waals surface area contributed by atoms with Gasteiger partial charge in [0.15, 0.2) is 6.29 Å². The molecule has 8 heteroatoms. The number of rotatable bonds is 5. The highest BCUT2D eigenvalue weighted by Gasteiger charge is 2.35. The van der Waals surface area contributed by atoms with Gasteiger partial charge in [0.25, 0.3) is 5.56 Å². The number of hydrogen-bond acceptors (Lipinski definition) is 6. The highest BCUT2D eigenvalue weighted by Crippen LogP contribution is 2.43. The molecule has 0 saturated carbocycles. The van der Waals surface area contributed by atoms with Gasteiger partial charge >= 0.3 is 0 Å². The van der Waals surface area contributed by atoms with Gasteiger partial charge in [0.1, 0.15) is 11.4 Å². The van der Waals surface area contributed by atoms with Gasteiger partial charge in [-0.25, -0.2) is 9.37 Å². The lowest BCUT2D eigenvalue weighted by atomic mass is 9.88. The number of carbonyl (C=O) groups excluding carboxylic acids is 1. The Morgan fingerprint density at radius 2 is 2.16 bits per heavy atom. The summed E-state index contributed by atoms with van der Waals surface area (Å²) in [6.45, 7) is 2.02. The Balaban J connectivity index is 1.84. The van der Waals surface area contributed by atoms with Crippen molar-refractivity contribution >= 4 is 29.0 Å². The molecule has 0 amide bonds. The lowest BCUT2D eigenvalue weighted by molar-refractivity contribution is -0.125. The average Bonchev–Trinajstić information content (AvgIpc) is 3.14. The normalized spacial score (nSPS) is 16.1. The van der Waals surface area contributed by atoms with Gasteiger partial charge in [-0.2, -0.15) is 0 Å². The fraction of sp³-hybridized carbons (Fsp3) is 0.348. The molecule has 6 nitrogen and oxygen atoms in total. The van der Waals surface area contributed by atoms with Crippen molar-refractivity contribution < 1.29 is 19.0 Å². The maximum atomic E-state index is 14.2. The number of methoxy groups -OCH3 is 1. The first-order valence-electron chi connectivity index (χ1n) is 10.1. The molecule has 0 aliphatic carbocycles. The molecule has 31 heavy (non-hydrogen) atoms. The molecule has 0 fully saturated rings. The van der Waals surface area contributed by atoms with Gasteiger partial charge in [-0.3, -0.25) is 9.59 Å². The average molecular weight is 440 g/mol. The molecule has 0 saturated heterocycles. The summed E-state index contributed by atoms with van der Waals surface area (Å²) >= 11 is 1.61. The van der Waals surface area contributed by atoms with Gasteiger partial charge in [0.05, 0.1) is 30.1 Å². The van der Waals surface area contributed by atoms with Crippen LogP contribution in [0.25, 0.3) is 22.3 Å². The van der Waals surface area contributed by atoms with Crippen molar-refractivity contribution in [3.05, 3.63) is 56.6 Å². The predicted octanol–water partition coefficient (Wildman–Crippen LogP) is 3.16. The van der Waals surface area contributed by atoms with Crippen molar-refractivity contribution in [2.75, 3.05) is 12.9 Å². The summed E-state index contributed by atoms with van der Waals surface area (Å²) in [6, 6.07) is 4.63. The first-order chi connectivity index (χ1) is 14.9. The minimum Gasteiger partial charge on any atom is -0.380 e. The molecule has 0 radical (unpaired) electrons. The minimum absolute atomic E-state index is 0.0186. The number of aldehydes is 1. The highest BCUT2D eigenvalue weighted by molar-refractivity contribution is 7.99. The van der Waals surface area contributed by atoms with E-state index in [0.29, 0.717) is 29.7 Å². The van der Waals surface area contributed by atoms with Crippen molar-refractivity contribution in [3.63, 3.8) is 0 Å². The molecule has 0 unspecified atom stereocenters. The number of ether oxygens (including phenoxy) is 1. The topological polar surface area (TPSA) is 81.4 Å². The van der Waals surface area contributed by atoms with E-state index in [-0.39, 0.29) is 35.5 Å². The number of nitrogens with zero attached hydrogens (tertiary/aromatic N) is 2. The van der Waals surface area contributed by atoms with Gasteiger partial charge in [0, 0.05) is 45.9 Å². The second kappa shape index (κ2) is 7.25. The van der Waals surface area contributed by atoms with Gasteiger partial charge < -0.3 is 14.4 Å². The van der Waals surface area contributed by atoms with E-state index in [4.69, 9.17) is 9.72 Å². The Kier molecular flexibility index (Phi) is 4.76. The first kappa shape index (κ1) is 20.4. The second-order valence-electron chi connectivity index (χ2n) is 7.96. The molecule has 2 aliphatic rings. The summed E-state index contributed by atoms with van der Waals surface area (Å²) in [7, 11) is 1.47. The maximum Gasteiger partial charge on any atom is 0.257 e. The molecule has 5 rings (SSSR count). The van der Waals surface area contributed by atoms with Crippen LogP contribution in [-0.4, -0.2) is 33.8 Å². The van der Waals surface area contributed by atoms with Crippen molar-refractivity contribution in [2.24, 2.45) is 0 Å². The first-order valence-corrected chi connectivity index (χ1v) is 11.1. The molecule has 0 bridgehead atoms. The van der Waals surface area contributed by atoms with Crippen LogP contribution in [0, 0.1) is 5.82 Å². The summed E-state index contributed by atoms with van der Waals surface area (Å²) in [5, 5.41) is 11.9. The summed E-state index contributed by atoms with van der Waals surface area (Å²) < 4.78 is 21.0. The molecule has 1 atom stereocenters. The number of aromatic nitrogens is 2. The number of halogens is 1. The second-order valence-corrected chi connectivity index (χ2v) is 9.09. The number of carbonyl (C=O) groups is 1. The quantitative estimate of drug-likeness (QED) is 0.480. The monoisotopic (exact) mass is 440 g/mol. The summed E-state index contributed by atoms with van der Waals surface area (Å²) in [6.07, 6.45) is 1.38. The Labute approximate surface area is 182 Å². The minimum atomic E-state index is -1.80. The van der Waals surface area contributed by atoms with Crippen molar-refractivity contribution in [2.45, 2.75) is 43.4 Å². The number of thioether (sulfide) groups is 1. The lowest BCUT2D eigenvalue weighted by Crippen LogP contribution is -2.34. The van der Waals surface area contributed by atoms with Crippen LogP contribution in [-0.2, 0) is 34.7 Å². The number of hydrogen-bond donors (Lipinski definition) is 1. The third-order valence-corrected chi connectivity index (χ3v) is 7.33.